The molecule has 0 aliphatic heterocycles. The zero-order chi connectivity index (χ0) is 12.5. The molecule has 0 bridgehead atoms. The van der Waals surface area contributed by atoms with Gasteiger partial charge in [-0.1, -0.05) is 6.07 Å². The number of hydrogen-bond donors (Lipinski definition) is 2. The number of amides is 1. The van der Waals surface area contributed by atoms with Crippen LogP contribution in [0.2, 0.25) is 0 Å². The normalized spacial score (nSPS) is 16.6. The molecule has 0 unspecified atom stereocenters. The number of hydrogen-bond acceptors (Lipinski definition) is 2. The van der Waals surface area contributed by atoms with Gasteiger partial charge in [0, 0.05) is 15.5 Å². The lowest BCUT2D eigenvalue weighted by molar-refractivity contribution is 0.0930. The van der Waals surface area contributed by atoms with Crippen LogP contribution < -0.4 is 5.32 Å². The molecule has 92 valence electrons. The number of nitrogens with one attached hydrogen (secondary N) is 1. The summed E-state index contributed by atoms with van der Waals surface area (Å²) in [6.07, 6.45) is 1.83. The van der Waals surface area contributed by atoms with Crippen molar-refractivity contribution in [2.24, 2.45) is 5.41 Å². The van der Waals surface area contributed by atoms with E-state index in [1.54, 1.807) is 12.1 Å². The summed E-state index contributed by atoms with van der Waals surface area (Å²) < 4.78 is 14.1. The molecular weight excluding hydrogens is 336 g/mol. The highest BCUT2D eigenvalue weighted by atomic mass is 127. The molecule has 0 saturated heterocycles. The lowest BCUT2D eigenvalue weighted by Crippen LogP contribution is -2.32. The van der Waals surface area contributed by atoms with E-state index >= 15 is 0 Å². The van der Waals surface area contributed by atoms with Crippen molar-refractivity contribution in [3.63, 3.8) is 0 Å². The van der Waals surface area contributed by atoms with Crippen LogP contribution in [-0.2, 0) is 0 Å². The second-order valence-electron chi connectivity index (χ2n) is 4.44. The second kappa shape index (κ2) is 4.89. The van der Waals surface area contributed by atoms with Crippen molar-refractivity contribution in [2.45, 2.75) is 12.8 Å². The molecule has 1 aromatic carbocycles. The topological polar surface area (TPSA) is 49.3 Å². The van der Waals surface area contributed by atoms with Crippen LogP contribution in [0.5, 0.6) is 0 Å². The first-order valence-corrected chi connectivity index (χ1v) is 6.49. The van der Waals surface area contributed by atoms with Gasteiger partial charge in [-0.25, -0.2) is 4.39 Å². The molecule has 3 nitrogen and oxygen atoms in total. The van der Waals surface area contributed by atoms with E-state index in [2.05, 4.69) is 5.32 Å². The molecule has 1 aliphatic rings. The zero-order valence-electron chi connectivity index (χ0n) is 9.17. The van der Waals surface area contributed by atoms with Gasteiger partial charge in [0.2, 0.25) is 0 Å². The van der Waals surface area contributed by atoms with E-state index in [-0.39, 0.29) is 17.6 Å². The van der Waals surface area contributed by atoms with Crippen LogP contribution in [-0.4, -0.2) is 24.2 Å². The van der Waals surface area contributed by atoms with Gasteiger partial charge in [-0.2, -0.15) is 0 Å². The largest absolute Gasteiger partial charge is 0.396 e. The Kier molecular flexibility index (Phi) is 3.67. The molecule has 0 heterocycles. The van der Waals surface area contributed by atoms with Gasteiger partial charge in [-0.3, -0.25) is 4.79 Å². The Morgan fingerprint density at radius 1 is 1.53 bits per heavy atom. The van der Waals surface area contributed by atoms with Gasteiger partial charge in [-0.15, -0.1) is 0 Å². The lowest BCUT2D eigenvalue weighted by atomic mass is 10.1. The fourth-order valence-electron chi connectivity index (χ4n) is 1.64. The van der Waals surface area contributed by atoms with E-state index < -0.39 is 11.7 Å². The van der Waals surface area contributed by atoms with Crippen molar-refractivity contribution in [1.29, 1.82) is 0 Å². The summed E-state index contributed by atoms with van der Waals surface area (Å²) in [5, 5.41) is 11.8. The average molecular weight is 349 g/mol. The van der Waals surface area contributed by atoms with Crippen LogP contribution in [0.1, 0.15) is 23.2 Å². The summed E-state index contributed by atoms with van der Waals surface area (Å²) >= 11 is 1.94. The van der Waals surface area contributed by atoms with Gasteiger partial charge in [0.1, 0.15) is 5.82 Å². The third-order valence-electron chi connectivity index (χ3n) is 3.11. The first-order valence-electron chi connectivity index (χ1n) is 5.41. The minimum atomic E-state index is -0.511. The highest BCUT2D eigenvalue weighted by Crippen LogP contribution is 2.44. The predicted octanol–water partition coefficient (Wildman–Crippen LogP) is 1.93. The molecule has 0 atom stereocenters. The first-order chi connectivity index (χ1) is 8.08. The van der Waals surface area contributed by atoms with Crippen LogP contribution in [0.25, 0.3) is 0 Å². The number of halogens is 2. The summed E-state index contributed by atoms with van der Waals surface area (Å²) in [5.74, 6) is -0.921. The number of carbonyl (C=O) groups is 1. The van der Waals surface area contributed by atoms with E-state index in [0.29, 0.717) is 10.1 Å². The molecule has 2 rings (SSSR count). The summed E-state index contributed by atoms with van der Waals surface area (Å²) in [5.41, 5.74) is -0.0753. The van der Waals surface area contributed by atoms with Gasteiger partial charge in [0.05, 0.1) is 12.2 Å². The van der Waals surface area contributed by atoms with Crippen LogP contribution in [0, 0.1) is 14.8 Å². The molecule has 1 aromatic rings. The fourth-order valence-corrected chi connectivity index (χ4v) is 2.35. The van der Waals surface area contributed by atoms with Crippen molar-refractivity contribution in [1.82, 2.24) is 5.32 Å². The van der Waals surface area contributed by atoms with Gasteiger partial charge in [0.25, 0.3) is 5.91 Å². The molecule has 1 aliphatic carbocycles. The maximum atomic E-state index is 13.5. The Hall–Kier alpha value is -0.690. The van der Waals surface area contributed by atoms with E-state index in [0.717, 1.165) is 12.8 Å². The lowest BCUT2D eigenvalue weighted by Gasteiger charge is -2.13. The van der Waals surface area contributed by atoms with E-state index in [1.807, 2.05) is 22.6 Å². The smallest absolute Gasteiger partial charge is 0.255 e. The fraction of sp³-hybridized carbons (Fsp3) is 0.417. The SMILES string of the molecule is O=C(NCC1(CO)CC1)c1c(F)cccc1I. The summed E-state index contributed by atoms with van der Waals surface area (Å²) in [7, 11) is 0. The number of benzene rings is 1. The molecule has 17 heavy (non-hydrogen) atoms. The van der Waals surface area contributed by atoms with E-state index in [9.17, 15) is 9.18 Å². The third-order valence-corrected chi connectivity index (χ3v) is 4.01. The van der Waals surface area contributed by atoms with Crippen LogP contribution in [0.3, 0.4) is 0 Å². The third kappa shape index (κ3) is 2.77. The Morgan fingerprint density at radius 2 is 2.24 bits per heavy atom. The molecule has 0 aromatic heterocycles. The van der Waals surface area contributed by atoms with Crippen LogP contribution in [0.4, 0.5) is 4.39 Å². The summed E-state index contributed by atoms with van der Waals surface area (Å²) in [6.45, 7) is 0.481. The van der Waals surface area contributed by atoms with E-state index in [1.165, 1.54) is 6.07 Å². The Balaban J connectivity index is 2.05. The Morgan fingerprint density at radius 3 is 2.76 bits per heavy atom. The molecular formula is C12H13FINO2. The summed E-state index contributed by atoms with van der Waals surface area (Å²) in [6, 6.07) is 4.54. The van der Waals surface area contributed by atoms with Gasteiger partial charge < -0.3 is 10.4 Å². The molecule has 0 radical (unpaired) electrons. The minimum Gasteiger partial charge on any atom is -0.396 e. The van der Waals surface area contributed by atoms with E-state index in [4.69, 9.17) is 5.11 Å². The first kappa shape index (κ1) is 12.8. The number of aliphatic hydroxyl groups is 1. The number of rotatable bonds is 4. The highest BCUT2D eigenvalue weighted by Gasteiger charge is 2.42. The molecule has 1 saturated carbocycles. The van der Waals surface area contributed by atoms with Crippen molar-refractivity contribution >= 4 is 28.5 Å². The van der Waals surface area contributed by atoms with Crippen molar-refractivity contribution in [3.8, 4) is 0 Å². The molecule has 2 N–H and O–H groups in total. The van der Waals surface area contributed by atoms with Gasteiger partial charge in [0.15, 0.2) is 0 Å². The number of carbonyl (C=O) groups excluding carboxylic acids is 1. The highest BCUT2D eigenvalue weighted by molar-refractivity contribution is 14.1. The van der Waals surface area contributed by atoms with Crippen LogP contribution in [0.15, 0.2) is 18.2 Å². The molecule has 5 heteroatoms. The molecule has 0 spiro atoms. The average Bonchev–Trinajstić information content (AvgIpc) is 3.07. The number of aliphatic hydroxyl groups excluding tert-OH is 1. The quantitative estimate of drug-likeness (QED) is 0.817. The van der Waals surface area contributed by atoms with Gasteiger partial charge >= 0.3 is 0 Å². The maximum Gasteiger partial charge on any atom is 0.255 e. The maximum absolute atomic E-state index is 13.5. The Bertz CT molecular complexity index is 426. The Labute approximate surface area is 113 Å². The summed E-state index contributed by atoms with van der Waals surface area (Å²) in [4.78, 5) is 11.8. The monoisotopic (exact) mass is 349 g/mol. The van der Waals surface area contributed by atoms with Crippen molar-refractivity contribution in [2.75, 3.05) is 13.2 Å². The van der Waals surface area contributed by atoms with Crippen molar-refractivity contribution < 1.29 is 14.3 Å². The molecule has 1 amide bonds. The minimum absolute atomic E-state index is 0.0711. The van der Waals surface area contributed by atoms with Crippen molar-refractivity contribution in [3.05, 3.63) is 33.1 Å². The standard InChI is InChI=1S/C12H13FINO2/c13-8-2-1-3-9(14)10(8)11(17)15-6-12(7-16)4-5-12/h1-3,16H,4-7H2,(H,15,17). The van der Waals surface area contributed by atoms with Crippen LogP contribution >= 0.6 is 22.6 Å². The zero-order valence-corrected chi connectivity index (χ0v) is 11.3. The molecule has 1 fully saturated rings. The predicted molar refractivity (Wildman–Crippen MR) is 70.2 cm³/mol. The second-order valence-corrected chi connectivity index (χ2v) is 5.60. The van der Waals surface area contributed by atoms with Gasteiger partial charge in [-0.05, 0) is 47.6 Å².